The number of ketones is 1. The first-order valence-corrected chi connectivity index (χ1v) is 14.3. The number of anilines is 2. The zero-order valence-corrected chi connectivity index (χ0v) is 24.6. The zero-order valence-electron chi connectivity index (χ0n) is 23.1. The van der Waals surface area contributed by atoms with Crippen molar-refractivity contribution in [1.29, 1.82) is 0 Å². The number of aromatic nitrogens is 6. The van der Waals surface area contributed by atoms with Gasteiger partial charge in [0.1, 0.15) is 34.9 Å². The van der Waals surface area contributed by atoms with Crippen molar-refractivity contribution < 1.29 is 31.9 Å². The van der Waals surface area contributed by atoms with Crippen LogP contribution in [0.3, 0.4) is 0 Å². The molecule has 4 aromatic rings. The second-order valence-corrected chi connectivity index (χ2v) is 11.3. The molecular formula is C27H24BrF4N9O3. The van der Waals surface area contributed by atoms with Gasteiger partial charge in [-0.15, -0.1) is 10.2 Å². The van der Waals surface area contributed by atoms with Crippen LogP contribution in [0.2, 0.25) is 0 Å². The maximum Gasteiger partial charge on any atom is 0.451 e. The van der Waals surface area contributed by atoms with Gasteiger partial charge in [0, 0.05) is 37.5 Å². The Kier molecular flexibility index (Phi) is 7.59. The summed E-state index contributed by atoms with van der Waals surface area (Å²) >= 11 is 3.22. The molecule has 0 unspecified atom stereocenters. The van der Waals surface area contributed by atoms with Crippen LogP contribution in [0, 0.1) is 0 Å². The maximum absolute atomic E-state index is 14.5. The molecular weight excluding hydrogens is 654 g/mol. The summed E-state index contributed by atoms with van der Waals surface area (Å²) in [5.74, 6) is -2.16. The SMILES string of the molecule is CC(=O)c1nn(CC(=O)N2C[C@H](F)C[C@H]2C(=O)Nc2cccc(Br)n2)c2ccc(N3CCn4c(nnc4C(F)(F)F)C3)cc12. The molecule has 6 rings (SSSR count). The van der Waals surface area contributed by atoms with Gasteiger partial charge in [0.25, 0.3) is 0 Å². The van der Waals surface area contributed by atoms with Gasteiger partial charge in [-0.1, -0.05) is 6.07 Å². The van der Waals surface area contributed by atoms with Crippen molar-refractivity contribution in [2.75, 3.05) is 23.3 Å². The van der Waals surface area contributed by atoms with E-state index in [2.05, 4.69) is 41.5 Å². The summed E-state index contributed by atoms with van der Waals surface area (Å²) in [4.78, 5) is 46.0. The predicted octanol–water partition coefficient (Wildman–Crippen LogP) is 3.60. The highest BCUT2D eigenvalue weighted by Crippen LogP contribution is 2.32. The van der Waals surface area contributed by atoms with Gasteiger partial charge in [0.15, 0.2) is 11.6 Å². The average Bonchev–Trinajstić information content (AvgIpc) is 3.67. The highest BCUT2D eigenvalue weighted by Gasteiger charge is 2.41. The number of hydrogen-bond donors (Lipinski definition) is 1. The third kappa shape index (κ3) is 5.62. The largest absolute Gasteiger partial charge is 0.451 e. The van der Waals surface area contributed by atoms with Crippen LogP contribution in [0.4, 0.5) is 29.1 Å². The Hall–Kier alpha value is -4.41. The van der Waals surface area contributed by atoms with E-state index in [1.807, 2.05) is 4.90 Å². The van der Waals surface area contributed by atoms with Crippen LogP contribution < -0.4 is 10.2 Å². The summed E-state index contributed by atoms with van der Waals surface area (Å²) in [5, 5.41) is 14.4. The number of nitrogens with one attached hydrogen (secondary N) is 1. The number of amides is 2. The number of carbonyl (C=O) groups is 3. The molecule has 0 spiro atoms. The van der Waals surface area contributed by atoms with Crippen molar-refractivity contribution in [1.82, 2.24) is 34.4 Å². The van der Waals surface area contributed by atoms with Crippen molar-refractivity contribution in [3.05, 3.63) is 58.3 Å². The summed E-state index contributed by atoms with van der Waals surface area (Å²) in [6.45, 7) is 1.01. The molecule has 5 heterocycles. The Morgan fingerprint density at radius 2 is 1.91 bits per heavy atom. The molecule has 1 fully saturated rings. The van der Waals surface area contributed by atoms with E-state index >= 15 is 0 Å². The molecule has 0 aliphatic carbocycles. The molecule has 1 aromatic carbocycles. The fraction of sp³-hybridized carbons (Fsp3) is 0.370. The van der Waals surface area contributed by atoms with Crippen LogP contribution in [0.25, 0.3) is 10.9 Å². The third-order valence-electron chi connectivity index (χ3n) is 7.56. The van der Waals surface area contributed by atoms with E-state index in [4.69, 9.17) is 0 Å². The molecule has 3 aromatic heterocycles. The maximum atomic E-state index is 14.5. The molecule has 2 atom stereocenters. The molecule has 44 heavy (non-hydrogen) atoms. The minimum absolute atomic E-state index is 0.0142. The molecule has 0 saturated carbocycles. The first kappa shape index (κ1) is 29.7. The van der Waals surface area contributed by atoms with Crippen LogP contribution >= 0.6 is 15.9 Å². The number of fused-ring (bicyclic) bond motifs is 2. The van der Waals surface area contributed by atoms with E-state index in [0.29, 0.717) is 21.2 Å². The number of benzene rings is 1. The van der Waals surface area contributed by atoms with E-state index in [0.717, 1.165) is 9.47 Å². The first-order valence-electron chi connectivity index (χ1n) is 13.5. The van der Waals surface area contributed by atoms with Crippen LogP contribution in [0.1, 0.15) is 35.5 Å². The van der Waals surface area contributed by atoms with E-state index in [9.17, 15) is 31.9 Å². The molecule has 12 nitrogen and oxygen atoms in total. The lowest BCUT2D eigenvalue weighted by Gasteiger charge is -2.30. The lowest BCUT2D eigenvalue weighted by atomic mass is 10.1. The number of alkyl halides is 4. The molecule has 2 amide bonds. The van der Waals surface area contributed by atoms with E-state index in [1.54, 1.807) is 36.4 Å². The smallest absolute Gasteiger partial charge is 0.362 e. The van der Waals surface area contributed by atoms with E-state index < -0.39 is 36.0 Å². The second kappa shape index (κ2) is 11.3. The fourth-order valence-electron chi connectivity index (χ4n) is 5.55. The van der Waals surface area contributed by atoms with Gasteiger partial charge >= 0.3 is 6.18 Å². The molecule has 0 radical (unpaired) electrons. The summed E-state index contributed by atoms with van der Waals surface area (Å²) in [6, 6.07) is 8.90. The lowest BCUT2D eigenvalue weighted by molar-refractivity contribution is -0.147. The molecule has 17 heteroatoms. The molecule has 1 saturated heterocycles. The van der Waals surface area contributed by atoms with Crippen LogP contribution in [-0.4, -0.2) is 77.3 Å². The van der Waals surface area contributed by atoms with Crippen molar-refractivity contribution in [3.63, 3.8) is 0 Å². The number of nitrogens with zero attached hydrogens (tertiary/aromatic N) is 8. The number of Topliss-reactive ketones (excluding diaryl/α,β-unsaturated/α-hetero) is 1. The van der Waals surface area contributed by atoms with E-state index in [1.165, 1.54) is 11.6 Å². The van der Waals surface area contributed by atoms with Gasteiger partial charge in [-0.05, 0) is 46.3 Å². The highest BCUT2D eigenvalue weighted by atomic mass is 79.9. The standard InChI is InChI=1S/C27H24BrF4N9O3/c1-14(42)24-17-10-16(38-7-8-39-22(12-38)35-36-26(39)27(30,31)32)5-6-18(17)41(37-24)13-23(43)40-11-15(29)9-19(40)25(44)34-21-4-2-3-20(28)33-21/h2-6,10,15,19H,7-9,11-13H2,1H3,(H,33,34,44)/t15-,19+/m1/s1. The normalized spacial score (nSPS) is 18.5. The van der Waals surface area contributed by atoms with Crippen LogP contribution in [0.15, 0.2) is 41.0 Å². The number of rotatable bonds is 6. The number of likely N-dealkylation sites (tertiary alicyclic amines) is 1. The van der Waals surface area contributed by atoms with Gasteiger partial charge < -0.3 is 19.7 Å². The Balaban J connectivity index is 1.23. The molecule has 0 bridgehead atoms. The summed E-state index contributed by atoms with van der Waals surface area (Å²) < 4.78 is 57.1. The molecule has 2 aliphatic heterocycles. The predicted molar refractivity (Wildman–Crippen MR) is 151 cm³/mol. The van der Waals surface area contributed by atoms with Crippen molar-refractivity contribution in [2.45, 2.75) is 51.4 Å². The fourth-order valence-corrected chi connectivity index (χ4v) is 5.89. The van der Waals surface area contributed by atoms with E-state index in [-0.39, 0.29) is 62.3 Å². The highest BCUT2D eigenvalue weighted by molar-refractivity contribution is 9.10. The van der Waals surface area contributed by atoms with Gasteiger partial charge in [-0.3, -0.25) is 19.1 Å². The first-order chi connectivity index (χ1) is 20.9. The summed E-state index contributed by atoms with van der Waals surface area (Å²) in [6.07, 6.45) is -6.20. The minimum Gasteiger partial charge on any atom is -0.362 e. The average molecular weight is 678 g/mol. The Labute approximate surface area is 255 Å². The zero-order chi connectivity index (χ0) is 31.3. The number of carbonyl (C=O) groups excluding carboxylic acids is 3. The second-order valence-electron chi connectivity index (χ2n) is 10.5. The van der Waals surface area contributed by atoms with Gasteiger partial charge in [-0.25, -0.2) is 9.37 Å². The molecule has 230 valence electrons. The minimum atomic E-state index is -4.62. The summed E-state index contributed by atoms with van der Waals surface area (Å²) in [5.41, 5.74) is 1.16. The summed E-state index contributed by atoms with van der Waals surface area (Å²) in [7, 11) is 0. The molecule has 2 aliphatic rings. The van der Waals surface area contributed by atoms with Crippen molar-refractivity contribution >= 4 is 55.9 Å². The van der Waals surface area contributed by atoms with Crippen molar-refractivity contribution in [2.24, 2.45) is 0 Å². The monoisotopic (exact) mass is 677 g/mol. The van der Waals surface area contributed by atoms with Crippen LogP contribution in [0.5, 0.6) is 0 Å². The number of pyridine rings is 1. The van der Waals surface area contributed by atoms with Gasteiger partial charge in [-0.2, -0.15) is 18.3 Å². The topological polar surface area (TPSA) is 131 Å². The third-order valence-corrected chi connectivity index (χ3v) is 8.01. The Morgan fingerprint density at radius 3 is 2.64 bits per heavy atom. The number of halogens is 5. The quantitative estimate of drug-likeness (QED) is 0.186. The Morgan fingerprint density at radius 1 is 1.11 bits per heavy atom. The van der Waals surface area contributed by atoms with Gasteiger partial charge in [0.2, 0.25) is 17.6 Å². The van der Waals surface area contributed by atoms with Gasteiger partial charge in [0.05, 0.1) is 18.6 Å². The number of hydrogen-bond acceptors (Lipinski definition) is 8. The lowest BCUT2D eigenvalue weighted by Crippen LogP contribution is -2.44. The Bertz CT molecular complexity index is 1790. The van der Waals surface area contributed by atoms with Crippen LogP contribution in [-0.2, 0) is 35.4 Å². The van der Waals surface area contributed by atoms with Crippen molar-refractivity contribution in [3.8, 4) is 0 Å². The molecule has 1 N–H and O–H groups in total.